The summed E-state index contributed by atoms with van der Waals surface area (Å²) in [6, 6.07) is 13.0. The first-order valence-electron chi connectivity index (χ1n) is 7.92. The summed E-state index contributed by atoms with van der Waals surface area (Å²) in [7, 11) is 1.12. The summed E-state index contributed by atoms with van der Waals surface area (Å²) < 4.78 is 12.9. The summed E-state index contributed by atoms with van der Waals surface area (Å²) in [5.41, 5.74) is 2.72. The lowest BCUT2D eigenvalue weighted by Gasteiger charge is -2.12. The predicted octanol–water partition coefficient (Wildman–Crippen LogP) is 3.12. The molecule has 0 radical (unpaired) electrons. The highest BCUT2D eigenvalue weighted by molar-refractivity contribution is 7.54. The minimum Gasteiger partial charge on any atom is -0.493 e. The molecule has 0 aliphatic heterocycles. The maximum absolute atomic E-state index is 9.34. The Labute approximate surface area is 151 Å². The van der Waals surface area contributed by atoms with E-state index in [-0.39, 0.29) is 0 Å². The lowest BCUT2D eigenvalue weighted by molar-refractivity contribution is 0.356. The molecule has 4 rings (SSSR count). The van der Waals surface area contributed by atoms with Crippen LogP contribution in [0.2, 0.25) is 0 Å². The smallest absolute Gasteiger partial charge is 0.199 e. The molecule has 0 saturated carbocycles. The average Bonchev–Trinajstić information content (AvgIpc) is 3.11. The van der Waals surface area contributed by atoms with Crippen molar-refractivity contribution in [3.8, 4) is 17.2 Å². The number of hydrogen-bond donors (Lipinski definition) is 2. The van der Waals surface area contributed by atoms with Crippen LogP contribution in [0, 0.1) is 0 Å². The molecule has 7 heteroatoms. The van der Waals surface area contributed by atoms with Gasteiger partial charge in [-0.2, -0.15) is 0 Å². The van der Waals surface area contributed by atoms with Gasteiger partial charge < -0.3 is 23.8 Å². The lowest BCUT2D eigenvalue weighted by atomic mass is 10.1. The minimum absolute atomic E-state index is 0.512. The van der Waals surface area contributed by atoms with Crippen molar-refractivity contribution in [2.75, 3.05) is 14.2 Å². The van der Waals surface area contributed by atoms with E-state index in [1.54, 1.807) is 26.4 Å². The lowest BCUT2D eigenvalue weighted by Crippen LogP contribution is -2.01. The molecule has 26 heavy (non-hydrogen) atoms. The summed E-state index contributed by atoms with van der Waals surface area (Å²) in [6.07, 6.45) is 3.80. The van der Waals surface area contributed by atoms with Gasteiger partial charge >= 0.3 is 0 Å². The quantitative estimate of drug-likeness (QED) is 0.541. The van der Waals surface area contributed by atoms with Crippen molar-refractivity contribution in [1.29, 1.82) is 0 Å². The largest absolute Gasteiger partial charge is 0.493 e. The van der Waals surface area contributed by atoms with Crippen molar-refractivity contribution in [3.05, 3.63) is 54.9 Å². The van der Waals surface area contributed by atoms with Gasteiger partial charge in [-0.25, -0.2) is 0 Å². The first kappa shape index (κ1) is 16.8. The number of nitrogens with zero attached hydrogens (tertiary/aromatic N) is 2. The molecule has 0 saturated heterocycles. The van der Waals surface area contributed by atoms with E-state index < -0.39 is 8.38 Å². The molecular weight excluding hydrogens is 351 g/mol. The van der Waals surface area contributed by atoms with Crippen LogP contribution in [0.5, 0.6) is 11.5 Å². The second-order valence-electron chi connectivity index (χ2n) is 5.78. The molecule has 0 amide bonds. The summed E-state index contributed by atoms with van der Waals surface area (Å²) in [5, 5.41) is 2.46. The fourth-order valence-corrected chi connectivity index (χ4v) is 3.52. The topological polar surface area (TPSA) is 76.7 Å². The Morgan fingerprint density at radius 2 is 1.65 bits per heavy atom. The number of methoxy groups -OCH3 is 2. The van der Waals surface area contributed by atoms with Crippen LogP contribution < -0.4 is 14.8 Å². The molecule has 4 aromatic rings. The number of benzene rings is 2. The second kappa shape index (κ2) is 6.57. The van der Waals surface area contributed by atoms with Crippen molar-refractivity contribution in [3.63, 3.8) is 0 Å². The Morgan fingerprint density at radius 1 is 0.962 bits per heavy atom. The average molecular weight is 368 g/mol. The van der Waals surface area contributed by atoms with Crippen LogP contribution in [0.15, 0.2) is 54.9 Å². The fraction of sp³-hybridized carbons (Fsp3) is 0.105. The van der Waals surface area contributed by atoms with Gasteiger partial charge in [0.15, 0.2) is 19.9 Å². The molecule has 0 aliphatic carbocycles. The monoisotopic (exact) mass is 368 g/mol. The van der Waals surface area contributed by atoms with Gasteiger partial charge in [-0.05, 0) is 36.4 Å². The highest BCUT2D eigenvalue weighted by Crippen LogP contribution is 2.35. The molecule has 0 fully saturated rings. The Hall–Kier alpha value is -2.66. The van der Waals surface area contributed by atoms with Gasteiger partial charge in [0.2, 0.25) is 0 Å². The van der Waals surface area contributed by atoms with Crippen LogP contribution in [-0.4, -0.2) is 33.6 Å². The molecule has 2 heterocycles. The Bertz CT molecular complexity index is 1090. The molecule has 6 nitrogen and oxygen atoms in total. The maximum Gasteiger partial charge on any atom is 0.199 e. The Kier molecular flexibility index (Phi) is 4.24. The van der Waals surface area contributed by atoms with Crippen LogP contribution in [0.1, 0.15) is 0 Å². The molecule has 0 spiro atoms. The highest BCUT2D eigenvalue weighted by atomic mass is 31.2. The zero-order valence-corrected chi connectivity index (χ0v) is 15.1. The first-order valence-corrected chi connectivity index (χ1v) is 9.17. The van der Waals surface area contributed by atoms with Crippen LogP contribution in [0.25, 0.3) is 27.5 Å². The van der Waals surface area contributed by atoms with Crippen molar-refractivity contribution in [2.45, 2.75) is 0 Å². The Balaban J connectivity index is 1.97. The Morgan fingerprint density at radius 3 is 2.31 bits per heavy atom. The molecule has 2 aromatic carbocycles. The van der Waals surface area contributed by atoms with Gasteiger partial charge in [0.25, 0.3) is 0 Å². The van der Waals surface area contributed by atoms with E-state index in [0.29, 0.717) is 16.8 Å². The standard InChI is InChI=1S/C19H17N2O4P/c1-24-17-9-15-16(10-18(17)25-2)20-11-12-7-8-21(19(12)15)13-3-5-14(6-4-13)26(22)23/h3-11,22-23H,1-2H3. The van der Waals surface area contributed by atoms with E-state index in [1.807, 2.05) is 47.3 Å². The van der Waals surface area contributed by atoms with Gasteiger partial charge in [0, 0.05) is 40.2 Å². The van der Waals surface area contributed by atoms with E-state index in [9.17, 15) is 9.79 Å². The van der Waals surface area contributed by atoms with Crippen molar-refractivity contribution < 1.29 is 19.3 Å². The minimum atomic E-state index is -2.09. The predicted molar refractivity (Wildman–Crippen MR) is 103 cm³/mol. The summed E-state index contributed by atoms with van der Waals surface area (Å²) in [5.74, 6) is 1.28. The highest BCUT2D eigenvalue weighted by Gasteiger charge is 2.13. The second-order valence-corrected chi connectivity index (χ2v) is 6.87. The van der Waals surface area contributed by atoms with Crippen molar-refractivity contribution >= 4 is 35.5 Å². The van der Waals surface area contributed by atoms with E-state index >= 15 is 0 Å². The van der Waals surface area contributed by atoms with Gasteiger partial charge in [0.05, 0.1) is 25.3 Å². The third kappa shape index (κ3) is 2.69. The number of hydrogen-bond acceptors (Lipinski definition) is 5. The molecule has 132 valence electrons. The zero-order valence-electron chi connectivity index (χ0n) is 14.2. The molecule has 0 unspecified atom stereocenters. The molecule has 0 aliphatic rings. The molecular formula is C19H17N2O4P. The molecule has 0 bridgehead atoms. The SMILES string of the molecule is COc1cc2ncc3ccn(-c4ccc(P(O)O)cc4)c3c2cc1OC. The van der Waals surface area contributed by atoms with E-state index in [1.165, 1.54) is 0 Å². The van der Waals surface area contributed by atoms with Gasteiger partial charge in [-0.1, -0.05) is 0 Å². The van der Waals surface area contributed by atoms with Gasteiger partial charge in [-0.3, -0.25) is 4.98 Å². The maximum atomic E-state index is 9.34. The molecule has 2 aromatic heterocycles. The van der Waals surface area contributed by atoms with Gasteiger partial charge in [0.1, 0.15) is 0 Å². The van der Waals surface area contributed by atoms with Crippen LogP contribution in [-0.2, 0) is 0 Å². The molecule has 0 atom stereocenters. The van der Waals surface area contributed by atoms with Crippen LogP contribution >= 0.6 is 8.38 Å². The van der Waals surface area contributed by atoms with Crippen molar-refractivity contribution in [2.24, 2.45) is 0 Å². The number of rotatable bonds is 4. The number of aromatic nitrogens is 2. The number of ether oxygens (including phenoxy) is 2. The normalized spacial score (nSPS) is 11.4. The summed E-state index contributed by atoms with van der Waals surface area (Å²) >= 11 is 0. The van der Waals surface area contributed by atoms with E-state index in [4.69, 9.17) is 9.47 Å². The number of pyridine rings is 1. The summed E-state index contributed by atoms with van der Waals surface area (Å²) in [6.45, 7) is 0. The van der Waals surface area contributed by atoms with Crippen LogP contribution in [0.3, 0.4) is 0 Å². The van der Waals surface area contributed by atoms with E-state index in [2.05, 4.69) is 4.98 Å². The zero-order chi connectivity index (χ0) is 18.3. The van der Waals surface area contributed by atoms with E-state index in [0.717, 1.165) is 27.5 Å². The first-order chi connectivity index (χ1) is 12.6. The molecule has 2 N–H and O–H groups in total. The summed E-state index contributed by atoms with van der Waals surface area (Å²) in [4.78, 5) is 23.2. The third-order valence-corrected chi connectivity index (χ3v) is 5.14. The van der Waals surface area contributed by atoms with Crippen LogP contribution in [0.4, 0.5) is 0 Å². The van der Waals surface area contributed by atoms with Crippen molar-refractivity contribution in [1.82, 2.24) is 9.55 Å². The number of fused-ring (bicyclic) bond motifs is 3. The third-order valence-electron chi connectivity index (χ3n) is 4.38. The van der Waals surface area contributed by atoms with Gasteiger partial charge in [-0.15, -0.1) is 0 Å². The fourth-order valence-electron chi connectivity index (χ4n) is 3.10.